The molecule has 2 nitrogen and oxygen atoms in total. The average Bonchev–Trinajstić information content (AvgIpc) is 2.43. The van der Waals surface area contributed by atoms with Crippen molar-refractivity contribution in [2.45, 2.75) is 31.7 Å². The number of allylic oxidation sites excluding steroid dienone is 2. The van der Waals surface area contributed by atoms with E-state index in [-0.39, 0.29) is 0 Å². The van der Waals surface area contributed by atoms with E-state index in [1.165, 1.54) is 30.5 Å². The van der Waals surface area contributed by atoms with Crippen LogP contribution in [0.5, 0.6) is 0 Å². The van der Waals surface area contributed by atoms with Gasteiger partial charge in [0.05, 0.1) is 11.8 Å². The van der Waals surface area contributed by atoms with E-state index in [2.05, 4.69) is 30.3 Å². The van der Waals surface area contributed by atoms with E-state index in [0.717, 1.165) is 12.3 Å². The fourth-order valence-corrected chi connectivity index (χ4v) is 2.52. The van der Waals surface area contributed by atoms with Gasteiger partial charge < -0.3 is 0 Å². The summed E-state index contributed by atoms with van der Waals surface area (Å²) in [4.78, 5) is 0. The van der Waals surface area contributed by atoms with Gasteiger partial charge in [0.25, 0.3) is 0 Å². The molecule has 0 saturated heterocycles. The summed E-state index contributed by atoms with van der Waals surface area (Å²) < 4.78 is 0. The quantitative estimate of drug-likeness (QED) is 0.616. The Bertz CT molecular complexity index is 334. The van der Waals surface area contributed by atoms with Crippen molar-refractivity contribution in [3.63, 3.8) is 0 Å². The molecule has 1 heterocycles. The summed E-state index contributed by atoms with van der Waals surface area (Å²) in [5.74, 6) is 0.764. The number of fused-ring (bicyclic) bond motifs is 1. The second-order valence-electron chi connectivity index (χ2n) is 4.49. The first-order chi connectivity index (χ1) is 6.86. The van der Waals surface area contributed by atoms with Crippen molar-refractivity contribution in [1.29, 1.82) is 0 Å². The molecule has 0 unspecified atom stereocenters. The van der Waals surface area contributed by atoms with Gasteiger partial charge in [-0.15, -0.1) is 0 Å². The Balaban J connectivity index is 1.92. The number of rotatable bonds is 1. The molecule has 0 aromatic carbocycles. The SMILES string of the molecule is CN1N=C(C2CCC2)C2=CC=CC[C@H]21. The monoisotopic (exact) mass is 188 g/mol. The molecule has 3 aliphatic rings. The van der Waals surface area contributed by atoms with Crippen LogP contribution in [0, 0.1) is 5.92 Å². The molecule has 0 radical (unpaired) electrons. The number of hydrazone groups is 1. The molecular formula is C12H16N2. The van der Waals surface area contributed by atoms with Crippen molar-refractivity contribution in [2.75, 3.05) is 7.05 Å². The molecule has 2 heteroatoms. The predicted molar refractivity (Wildman–Crippen MR) is 58.2 cm³/mol. The van der Waals surface area contributed by atoms with E-state index in [9.17, 15) is 0 Å². The van der Waals surface area contributed by atoms with Gasteiger partial charge in [-0.05, 0) is 19.3 Å². The van der Waals surface area contributed by atoms with Crippen molar-refractivity contribution < 1.29 is 0 Å². The third-order valence-corrected chi connectivity index (χ3v) is 3.63. The zero-order chi connectivity index (χ0) is 9.54. The van der Waals surface area contributed by atoms with Gasteiger partial charge in [-0.1, -0.05) is 24.6 Å². The number of hydrogen-bond acceptors (Lipinski definition) is 2. The molecule has 0 aromatic heterocycles. The first kappa shape index (κ1) is 8.27. The molecule has 1 aliphatic heterocycles. The second-order valence-corrected chi connectivity index (χ2v) is 4.49. The van der Waals surface area contributed by atoms with Crippen molar-refractivity contribution in [2.24, 2.45) is 11.0 Å². The van der Waals surface area contributed by atoms with E-state index in [0.29, 0.717) is 6.04 Å². The Labute approximate surface area is 85.0 Å². The summed E-state index contributed by atoms with van der Waals surface area (Å²) in [5.41, 5.74) is 2.87. The van der Waals surface area contributed by atoms with Crippen molar-refractivity contribution >= 4 is 5.71 Å². The molecular weight excluding hydrogens is 172 g/mol. The fourth-order valence-electron chi connectivity index (χ4n) is 2.52. The van der Waals surface area contributed by atoms with E-state index in [1.807, 2.05) is 0 Å². The summed E-state index contributed by atoms with van der Waals surface area (Å²) >= 11 is 0. The van der Waals surface area contributed by atoms with Gasteiger partial charge in [-0.3, -0.25) is 5.01 Å². The Morgan fingerprint density at radius 1 is 1.43 bits per heavy atom. The van der Waals surface area contributed by atoms with Crippen molar-refractivity contribution in [1.82, 2.24) is 5.01 Å². The largest absolute Gasteiger partial charge is 0.292 e. The van der Waals surface area contributed by atoms with E-state index in [4.69, 9.17) is 5.10 Å². The lowest BCUT2D eigenvalue weighted by molar-refractivity contribution is 0.309. The summed E-state index contributed by atoms with van der Waals surface area (Å²) in [6, 6.07) is 0.538. The van der Waals surface area contributed by atoms with Crippen LogP contribution in [0.3, 0.4) is 0 Å². The molecule has 0 spiro atoms. The molecule has 0 aromatic rings. The van der Waals surface area contributed by atoms with Crippen LogP contribution in [0.25, 0.3) is 0 Å². The number of nitrogens with zero attached hydrogens (tertiary/aromatic N) is 2. The normalized spacial score (nSPS) is 30.9. The Kier molecular flexibility index (Phi) is 1.76. The molecule has 3 rings (SSSR count). The van der Waals surface area contributed by atoms with Gasteiger partial charge >= 0.3 is 0 Å². The molecule has 0 N–H and O–H groups in total. The zero-order valence-electron chi connectivity index (χ0n) is 8.61. The summed E-state index contributed by atoms with van der Waals surface area (Å²) in [6.45, 7) is 0. The molecule has 1 fully saturated rings. The van der Waals surface area contributed by atoms with Gasteiger partial charge in [-0.25, -0.2) is 0 Å². The van der Waals surface area contributed by atoms with Crippen LogP contribution < -0.4 is 0 Å². The highest BCUT2D eigenvalue weighted by Gasteiger charge is 2.35. The maximum atomic E-state index is 4.70. The minimum atomic E-state index is 0.538. The smallest absolute Gasteiger partial charge is 0.0769 e. The standard InChI is InChI=1S/C12H16N2/c1-14-11-8-3-2-7-10(11)12(13-14)9-5-4-6-9/h2-3,7,9,11H,4-6,8H2,1H3/t11-/m1/s1. The van der Waals surface area contributed by atoms with Crippen molar-refractivity contribution in [3.8, 4) is 0 Å². The summed E-state index contributed by atoms with van der Waals surface area (Å²) in [5, 5.41) is 6.84. The molecule has 1 saturated carbocycles. The van der Waals surface area contributed by atoms with Crippen LogP contribution in [-0.2, 0) is 0 Å². The van der Waals surface area contributed by atoms with Gasteiger partial charge in [0.15, 0.2) is 0 Å². The Morgan fingerprint density at radius 3 is 3.00 bits per heavy atom. The highest BCUT2D eigenvalue weighted by atomic mass is 15.5. The summed E-state index contributed by atoms with van der Waals surface area (Å²) in [7, 11) is 2.10. The second kappa shape index (κ2) is 2.97. The van der Waals surface area contributed by atoms with Gasteiger partial charge in [0.2, 0.25) is 0 Å². The van der Waals surface area contributed by atoms with Crippen LogP contribution in [0.4, 0.5) is 0 Å². The lowest BCUT2D eigenvalue weighted by Gasteiger charge is -2.27. The molecule has 74 valence electrons. The molecule has 14 heavy (non-hydrogen) atoms. The number of hydrogen-bond donors (Lipinski definition) is 0. The highest BCUT2D eigenvalue weighted by molar-refractivity contribution is 6.05. The minimum Gasteiger partial charge on any atom is -0.292 e. The molecule has 2 aliphatic carbocycles. The van der Waals surface area contributed by atoms with Crippen molar-refractivity contribution in [3.05, 3.63) is 23.8 Å². The Morgan fingerprint density at radius 2 is 2.29 bits per heavy atom. The third-order valence-electron chi connectivity index (χ3n) is 3.63. The van der Waals surface area contributed by atoms with Gasteiger partial charge in [0, 0.05) is 18.5 Å². The Hall–Kier alpha value is -1.05. The van der Waals surface area contributed by atoms with Crippen LogP contribution in [0.1, 0.15) is 25.7 Å². The van der Waals surface area contributed by atoms with E-state index >= 15 is 0 Å². The fraction of sp³-hybridized carbons (Fsp3) is 0.583. The zero-order valence-corrected chi connectivity index (χ0v) is 8.61. The lowest BCUT2D eigenvalue weighted by atomic mass is 9.77. The van der Waals surface area contributed by atoms with E-state index < -0.39 is 0 Å². The van der Waals surface area contributed by atoms with Crippen LogP contribution in [0.15, 0.2) is 28.9 Å². The van der Waals surface area contributed by atoms with Gasteiger partial charge in [0.1, 0.15) is 0 Å². The summed E-state index contributed by atoms with van der Waals surface area (Å²) in [6.07, 6.45) is 11.9. The molecule has 0 bridgehead atoms. The predicted octanol–water partition coefficient (Wildman–Crippen LogP) is 2.34. The lowest BCUT2D eigenvalue weighted by Crippen LogP contribution is -2.28. The van der Waals surface area contributed by atoms with Gasteiger partial charge in [-0.2, -0.15) is 5.10 Å². The maximum Gasteiger partial charge on any atom is 0.0769 e. The average molecular weight is 188 g/mol. The molecule has 0 amide bonds. The highest BCUT2D eigenvalue weighted by Crippen LogP contribution is 2.37. The third kappa shape index (κ3) is 1.06. The maximum absolute atomic E-state index is 4.70. The topological polar surface area (TPSA) is 15.6 Å². The molecule has 1 atom stereocenters. The van der Waals surface area contributed by atoms with E-state index in [1.54, 1.807) is 0 Å². The number of likely N-dealkylation sites (N-methyl/N-ethyl adjacent to an activating group) is 1. The van der Waals surface area contributed by atoms with Crippen LogP contribution in [0.2, 0.25) is 0 Å². The van der Waals surface area contributed by atoms with Crippen LogP contribution >= 0.6 is 0 Å². The first-order valence-electron chi connectivity index (χ1n) is 5.54. The minimum absolute atomic E-state index is 0.538. The first-order valence-corrected chi connectivity index (χ1v) is 5.54. The van der Waals surface area contributed by atoms with Crippen LogP contribution in [-0.4, -0.2) is 23.8 Å².